The Hall–Kier alpha value is -3.65. The molecular formula is C25H29N3O5. The third kappa shape index (κ3) is 5.98. The van der Waals surface area contributed by atoms with Crippen LogP contribution in [0.25, 0.3) is 11.1 Å². The summed E-state index contributed by atoms with van der Waals surface area (Å²) in [5, 5.41) is 2.57. The Balaban J connectivity index is 1.62. The van der Waals surface area contributed by atoms with Gasteiger partial charge in [-0.2, -0.15) is 5.48 Å². The highest BCUT2D eigenvalue weighted by atomic mass is 16.7. The van der Waals surface area contributed by atoms with Crippen molar-refractivity contribution >= 4 is 18.0 Å². The van der Waals surface area contributed by atoms with Crippen molar-refractivity contribution in [2.24, 2.45) is 5.73 Å². The number of ether oxygens (including phenoxy) is 1. The number of benzene rings is 2. The summed E-state index contributed by atoms with van der Waals surface area (Å²) >= 11 is 0. The molecule has 0 unspecified atom stereocenters. The van der Waals surface area contributed by atoms with Crippen molar-refractivity contribution in [2.75, 3.05) is 13.2 Å². The number of alkyl carbamates (subject to hydrolysis) is 1. The zero-order valence-corrected chi connectivity index (χ0v) is 18.6. The largest absolute Gasteiger partial charge is 0.449 e. The standard InChI is InChI=1S/C25H29N3O5/c1-16(2)24(30)33-28-23(29)22(13-7-8-14-26)27-25(31)32-15-21-19-11-5-3-9-17(19)18-10-4-6-12-20(18)21/h3-6,9-12,21-22H,1,7-8,13-15,26H2,2H3,(H,27,31)(H,28,29)/t22-/m0/s1. The molecule has 1 aliphatic rings. The maximum atomic E-state index is 12.6. The fourth-order valence-corrected chi connectivity index (χ4v) is 3.80. The maximum Gasteiger partial charge on any atom is 0.407 e. The summed E-state index contributed by atoms with van der Waals surface area (Å²) in [7, 11) is 0. The van der Waals surface area contributed by atoms with E-state index in [1.54, 1.807) is 0 Å². The van der Waals surface area contributed by atoms with E-state index in [0.717, 1.165) is 22.3 Å². The van der Waals surface area contributed by atoms with Gasteiger partial charge in [-0.25, -0.2) is 9.59 Å². The van der Waals surface area contributed by atoms with Gasteiger partial charge in [-0.1, -0.05) is 55.1 Å². The molecule has 2 aromatic rings. The molecule has 2 amide bonds. The second-order valence-electron chi connectivity index (χ2n) is 7.94. The topological polar surface area (TPSA) is 120 Å². The molecule has 0 aromatic heterocycles. The first-order chi connectivity index (χ1) is 15.9. The molecule has 33 heavy (non-hydrogen) atoms. The Morgan fingerprint density at radius 1 is 1.03 bits per heavy atom. The summed E-state index contributed by atoms with van der Waals surface area (Å²) in [5.74, 6) is -1.51. The van der Waals surface area contributed by atoms with Gasteiger partial charge in [-0.05, 0) is 55.0 Å². The van der Waals surface area contributed by atoms with E-state index in [1.807, 2.05) is 36.4 Å². The number of amides is 2. The molecule has 3 rings (SSSR count). The second kappa shape index (κ2) is 11.3. The van der Waals surface area contributed by atoms with Gasteiger partial charge in [-0.15, -0.1) is 0 Å². The van der Waals surface area contributed by atoms with E-state index in [2.05, 4.69) is 29.5 Å². The van der Waals surface area contributed by atoms with E-state index < -0.39 is 24.0 Å². The van der Waals surface area contributed by atoms with Crippen LogP contribution in [-0.4, -0.2) is 37.2 Å². The molecule has 1 aliphatic carbocycles. The summed E-state index contributed by atoms with van der Waals surface area (Å²) < 4.78 is 5.51. The highest BCUT2D eigenvalue weighted by Crippen LogP contribution is 2.44. The van der Waals surface area contributed by atoms with Crippen LogP contribution >= 0.6 is 0 Å². The highest BCUT2D eigenvalue weighted by Gasteiger charge is 2.30. The molecule has 0 saturated heterocycles. The normalized spacial score (nSPS) is 12.8. The molecular weight excluding hydrogens is 422 g/mol. The molecule has 174 valence electrons. The van der Waals surface area contributed by atoms with Gasteiger partial charge in [0.2, 0.25) is 0 Å². The Bertz CT molecular complexity index is 991. The van der Waals surface area contributed by atoms with Gasteiger partial charge in [0.15, 0.2) is 0 Å². The van der Waals surface area contributed by atoms with Crippen molar-refractivity contribution in [1.82, 2.24) is 10.8 Å². The lowest BCUT2D eigenvalue weighted by Gasteiger charge is -2.19. The fraction of sp³-hybridized carbons (Fsp3) is 0.320. The van der Waals surface area contributed by atoms with E-state index in [0.29, 0.717) is 25.8 Å². The number of carbonyl (C=O) groups excluding carboxylic acids is 3. The first-order valence-electron chi connectivity index (χ1n) is 10.9. The second-order valence-corrected chi connectivity index (χ2v) is 7.94. The van der Waals surface area contributed by atoms with Gasteiger partial charge < -0.3 is 20.6 Å². The molecule has 8 nitrogen and oxygen atoms in total. The number of hydroxylamine groups is 1. The Morgan fingerprint density at radius 2 is 1.64 bits per heavy atom. The van der Waals surface area contributed by atoms with Crippen molar-refractivity contribution in [3.63, 3.8) is 0 Å². The van der Waals surface area contributed by atoms with Gasteiger partial charge in [0.05, 0.1) is 0 Å². The third-order valence-corrected chi connectivity index (χ3v) is 5.49. The summed E-state index contributed by atoms with van der Waals surface area (Å²) in [6.45, 7) is 5.50. The molecule has 0 bridgehead atoms. The minimum absolute atomic E-state index is 0.0933. The summed E-state index contributed by atoms with van der Waals surface area (Å²) in [6, 6.07) is 15.1. The number of fused-ring (bicyclic) bond motifs is 3. The summed E-state index contributed by atoms with van der Waals surface area (Å²) in [5.41, 5.74) is 12.2. The minimum Gasteiger partial charge on any atom is -0.449 e. The van der Waals surface area contributed by atoms with Crippen LogP contribution in [0.5, 0.6) is 0 Å². The van der Waals surface area contributed by atoms with E-state index in [4.69, 9.17) is 15.3 Å². The number of unbranched alkanes of at least 4 members (excludes halogenated alkanes) is 1. The molecule has 0 radical (unpaired) electrons. The van der Waals surface area contributed by atoms with Crippen molar-refractivity contribution in [2.45, 2.75) is 38.1 Å². The van der Waals surface area contributed by atoms with Crippen LogP contribution in [0.1, 0.15) is 43.2 Å². The quantitative estimate of drug-likeness (QED) is 0.306. The zero-order valence-electron chi connectivity index (χ0n) is 18.6. The lowest BCUT2D eigenvalue weighted by molar-refractivity contribution is -0.155. The molecule has 0 spiro atoms. The molecule has 1 atom stereocenters. The van der Waals surface area contributed by atoms with Crippen LogP contribution in [0.4, 0.5) is 4.79 Å². The first kappa shape index (κ1) is 24.0. The molecule has 0 fully saturated rings. The average molecular weight is 452 g/mol. The van der Waals surface area contributed by atoms with Crippen LogP contribution < -0.4 is 16.5 Å². The number of nitrogens with two attached hydrogens (primary N) is 1. The van der Waals surface area contributed by atoms with Crippen LogP contribution in [0, 0.1) is 0 Å². The SMILES string of the molecule is C=C(C)C(=O)ONC(=O)[C@H](CCCCN)NC(=O)OCC1c2ccccc2-c2ccccc21. The summed E-state index contributed by atoms with van der Waals surface area (Å²) in [6.07, 6.45) is 0.877. The number of carbonyl (C=O) groups is 3. The fourth-order valence-electron chi connectivity index (χ4n) is 3.80. The molecule has 0 saturated carbocycles. The predicted molar refractivity (Wildman–Crippen MR) is 124 cm³/mol. The van der Waals surface area contributed by atoms with Crippen molar-refractivity contribution in [1.29, 1.82) is 0 Å². The lowest BCUT2D eigenvalue weighted by atomic mass is 9.98. The van der Waals surface area contributed by atoms with Gasteiger partial charge in [0.25, 0.3) is 5.91 Å². The highest BCUT2D eigenvalue weighted by molar-refractivity contribution is 5.90. The minimum atomic E-state index is -0.940. The van der Waals surface area contributed by atoms with Crippen molar-refractivity contribution in [3.05, 3.63) is 71.8 Å². The van der Waals surface area contributed by atoms with Crippen LogP contribution in [-0.2, 0) is 19.2 Å². The average Bonchev–Trinajstić information content (AvgIpc) is 3.14. The maximum absolute atomic E-state index is 12.6. The number of rotatable bonds is 9. The van der Waals surface area contributed by atoms with E-state index in [-0.39, 0.29) is 18.1 Å². The third-order valence-electron chi connectivity index (χ3n) is 5.49. The van der Waals surface area contributed by atoms with Crippen LogP contribution in [0.15, 0.2) is 60.7 Å². The summed E-state index contributed by atoms with van der Waals surface area (Å²) in [4.78, 5) is 41.3. The van der Waals surface area contributed by atoms with Crippen LogP contribution in [0.3, 0.4) is 0 Å². The zero-order chi connectivity index (χ0) is 23.8. The Labute approximate surface area is 193 Å². The van der Waals surface area contributed by atoms with Crippen LogP contribution in [0.2, 0.25) is 0 Å². The van der Waals surface area contributed by atoms with Crippen molar-refractivity contribution < 1.29 is 24.0 Å². The van der Waals surface area contributed by atoms with Gasteiger partial charge in [-0.3, -0.25) is 4.79 Å². The monoisotopic (exact) mass is 451 g/mol. The van der Waals surface area contributed by atoms with Gasteiger partial charge in [0, 0.05) is 11.5 Å². The first-order valence-corrected chi connectivity index (χ1v) is 10.9. The molecule has 2 aromatic carbocycles. The van der Waals surface area contributed by atoms with Crippen molar-refractivity contribution in [3.8, 4) is 11.1 Å². The number of nitrogens with one attached hydrogen (secondary N) is 2. The van der Waals surface area contributed by atoms with E-state index >= 15 is 0 Å². The Morgan fingerprint density at radius 3 is 2.21 bits per heavy atom. The van der Waals surface area contributed by atoms with E-state index in [1.165, 1.54) is 6.92 Å². The molecule has 8 heteroatoms. The van der Waals surface area contributed by atoms with E-state index in [9.17, 15) is 14.4 Å². The predicted octanol–water partition coefficient (Wildman–Crippen LogP) is 3.17. The van der Waals surface area contributed by atoms with Gasteiger partial charge in [0.1, 0.15) is 12.6 Å². The Kier molecular flexibility index (Phi) is 8.21. The lowest BCUT2D eigenvalue weighted by Crippen LogP contribution is -2.47. The number of hydrogen-bond acceptors (Lipinski definition) is 6. The van der Waals surface area contributed by atoms with Gasteiger partial charge >= 0.3 is 12.1 Å². The number of hydrogen-bond donors (Lipinski definition) is 3. The molecule has 0 aliphatic heterocycles. The molecule has 4 N–H and O–H groups in total. The smallest absolute Gasteiger partial charge is 0.407 e. The molecule has 0 heterocycles.